The van der Waals surface area contributed by atoms with E-state index >= 15 is 14.4 Å². The number of benzene rings is 4. The summed E-state index contributed by atoms with van der Waals surface area (Å²) in [6, 6.07) is 2.42. The third kappa shape index (κ3) is 5.33. The van der Waals surface area contributed by atoms with Gasteiger partial charge in [-0.3, -0.25) is 4.79 Å². The zero-order valence-corrected chi connectivity index (χ0v) is 38.5. The van der Waals surface area contributed by atoms with E-state index in [1.807, 2.05) is 0 Å². The fourth-order valence-corrected chi connectivity index (χ4v) is 12.8. The van der Waals surface area contributed by atoms with E-state index in [-0.39, 0.29) is 0 Å². The summed E-state index contributed by atoms with van der Waals surface area (Å²) in [5.41, 5.74) is -16.2. The molecule has 7 aliphatic heterocycles. The number of rotatable bonds is 2. The minimum absolute atomic E-state index is 0.366. The van der Waals surface area contributed by atoms with Crippen LogP contribution in [0.4, 0.5) is 0 Å². The predicted octanol–water partition coefficient (Wildman–Crippen LogP) is -2.85. The van der Waals surface area contributed by atoms with Crippen molar-refractivity contribution >= 4 is 29.8 Å². The number of ether oxygens (including phenoxy) is 10. The van der Waals surface area contributed by atoms with Gasteiger partial charge >= 0.3 is 29.8 Å². The fourth-order valence-electron chi connectivity index (χ4n) is 12.8. The minimum Gasteiger partial charge on any atom is -0.504 e. The molecule has 4 aromatic rings. The highest BCUT2D eigenvalue weighted by Crippen LogP contribution is 2.87. The zero-order chi connectivity index (χ0) is 55.8. The van der Waals surface area contributed by atoms with Gasteiger partial charge in [-0.15, -0.1) is 0 Å². The highest BCUT2D eigenvalue weighted by Gasteiger charge is 3.09. The van der Waals surface area contributed by atoms with Crippen LogP contribution in [0.5, 0.6) is 69.0 Å². The molecular weight excluding hydrogens is 1060 g/mol. The topological polar surface area (TPSA) is 501 Å². The molecule has 7 heterocycles. The second-order valence-electron chi connectivity index (χ2n) is 19.9. The number of hydrogen-bond acceptors (Lipinski definition) is 31. The van der Waals surface area contributed by atoms with Crippen LogP contribution in [0, 0.1) is 5.41 Å². The molecule has 15 atom stereocenters. The minimum atomic E-state index is -3.69. The monoisotopic (exact) mass is 1100 g/mol. The first-order chi connectivity index (χ1) is 36.6. The molecule has 410 valence electrons. The van der Waals surface area contributed by atoms with Crippen molar-refractivity contribution in [2.24, 2.45) is 5.41 Å². The average Bonchev–Trinajstić information content (AvgIpc) is 1.36. The van der Waals surface area contributed by atoms with Crippen molar-refractivity contribution in [2.45, 2.75) is 89.9 Å². The molecule has 13 rings (SSSR count). The maximum absolute atomic E-state index is 16.1. The summed E-state index contributed by atoms with van der Waals surface area (Å²) in [5.74, 6) is -36.9. The molecule has 4 saturated heterocycles. The maximum atomic E-state index is 16.1. The van der Waals surface area contributed by atoms with Crippen molar-refractivity contribution in [3.63, 3.8) is 0 Å². The Kier molecular flexibility index (Phi) is 9.39. The largest absolute Gasteiger partial charge is 0.504 e. The molecule has 6 fully saturated rings. The van der Waals surface area contributed by atoms with E-state index in [0.717, 1.165) is 0 Å². The molecular formula is C47H36O31. The van der Waals surface area contributed by atoms with Gasteiger partial charge in [0.25, 0.3) is 11.6 Å². The highest BCUT2D eigenvalue weighted by atomic mass is 16.9. The molecule has 0 aromatic heterocycles. The number of aliphatic hydroxyl groups excluding tert-OH is 2. The lowest BCUT2D eigenvalue weighted by molar-refractivity contribution is -0.619. The summed E-state index contributed by atoms with van der Waals surface area (Å²) >= 11 is 0. The lowest BCUT2D eigenvalue weighted by atomic mass is 9.48. The Hall–Kier alpha value is -8.53. The number of phenolic OH excluding ortho intramolecular Hbond substituents is 11. The number of aliphatic hydroxyl groups is 5. The van der Waals surface area contributed by atoms with E-state index < -0.39 is 246 Å². The van der Waals surface area contributed by atoms with Crippen LogP contribution in [0.1, 0.15) is 59.3 Å². The second-order valence-corrected chi connectivity index (χ2v) is 19.9. The highest BCUT2D eigenvalue weighted by molar-refractivity contribution is 6.08. The van der Waals surface area contributed by atoms with E-state index in [0.29, 0.717) is 30.3 Å². The van der Waals surface area contributed by atoms with Gasteiger partial charge in [-0.05, 0) is 30.3 Å². The Morgan fingerprint density at radius 2 is 1.18 bits per heavy atom. The molecule has 9 aliphatic rings. The first kappa shape index (κ1) is 49.1. The summed E-state index contributed by atoms with van der Waals surface area (Å²) in [6.45, 7) is -2.20. The van der Waals surface area contributed by atoms with Crippen molar-refractivity contribution in [2.75, 3.05) is 13.2 Å². The number of esters is 5. The fraction of sp³-hybridized carbons (Fsp3) is 0.383. The van der Waals surface area contributed by atoms with Gasteiger partial charge in [-0.2, -0.15) is 0 Å². The lowest BCUT2D eigenvalue weighted by Crippen LogP contribution is -3.02. The number of aromatic hydroxyl groups is 11. The van der Waals surface area contributed by atoms with Crippen LogP contribution in [0.2, 0.25) is 0 Å². The van der Waals surface area contributed by atoms with Gasteiger partial charge in [0.05, 0.1) is 28.9 Å². The molecule has 16 N–H and O–H groups in total. The first-order valence-corrected chi connectivity index (χ1v) is 22.9. The third-order valence-corrected chi connectivity index (χ3v) is 16.2. The summed E-state index contributed by atoms with van der Waals surface area (Å²) in [5, 5.41) is 179. The van der Waals surface area contributed by atoms with Crippen molar-refractivity contribution in [1.82, 2.24) is 0 Å². The van der Waals surface area contributed by atoms with Crippen molar-refractivity contribution in [3.8, 4) is 80.1 Å². The van der Waals surface area contributed by atoms with Crippen LogP contribution in [-0.4, -0.2) is 202 Å². The van der Waals surface area contributed by atoms with Crippen molar-refractivity contribution in [1.29, 1.82) is 0 Å². The van der Waals surface area contributed by atoms with E-state index in [9.17, 15) is 91.3 Å². The molecule has 7 bridgehead atoms. The maximum Gasteiger partial charge on any atom is 0.340 e. The number of carbonyl (C=O) groups excluding carboxylic acids is 5. The van der Waals surface area contributed by atoms with Crippen LogP contribution in [0.25, 0.3) is 11.1 Å². The van der Waals surface area contributed by atoms with Gasteiger partial charge in [0.15, 0.2) is 75.2 Å². The van der Waals surface area contributed by atoms with Gasteiger partial charge in [0.1, 0.15) is 36.4 Å². The molecule has 78 heavy (non-hydrogen) atoms. The van der Waals surface area contributed by atoms with E-state index in [1.54, 1.807) is 0 Å². The van der Waals surface area contributed by atoms with Crippen LogP contribution in [0.3, 0.4) is 0 Å². The SMILES string of the molecule is O=C(O[C@H]1O[C@@H]2COC(=O)c3cc(O)c(O)c(O)c3-c3c(cc(O)c(O)c3O)C(=O)O[C@@H]3[C@H]1OC(=O)c1cc(O)c(O)c4c1[C@H]1[C@@]5(C[C@]67O[C@@H]5[C@@]5(OC[C@H](O)[C@@H]5O)O[C@@]6(O)[C@@](O)(O4)[C@]17O)C(=O)O[C@@H]32)c1cc(O)c(O)c(O)c1. The third-order valence-electron chi connectivity index (χ3n) is 16.2. The van der Waals surface area contributed by atoms with Gasteiger partial charge in [-0.1, -0.05) is 0 Å². The van der Waals surface area contributed by atoms with Gasteiger partial charge in [0, 0.05) is 29.0 Å². The van der Waals surface area contributed by atoms with Gasteiger partial charge in [0.2, 0.25) is 35.4 Å². The van der Waals surface area contributed by atoms with E-state index in [2.05, 4.69) is 0 Å². The smallest absolute Gasteiger partial charge is 0.340 e. The van der Waals surface area contributed by atoms with E-state index in [4.69, 9.17) is 47.4 Å². The Bertz CT molecular complexity index is 3480. The zero-order valence-electron chi connectivity index (χ0n) is 38.5. The Balaban J connectivity index is 1.06. The standard InChI is InChI=1S/C47H36O31/c48-13-1-9(2-14(49)23(13)54)35(61)75-39-32-31-29(19(71-39)7-69-36(62)10-3-15(50)24(55)27(58)20(10)21-11(37(63)72-31)4-16(51)25(56)28(21)59)74-41(65)42-8-43-45(66)33(42)22-12(38(64)73-32)5-17(52)26(57)30(22)76-47(45,68)46(43,67)78-44(40(42)77-43)34(60)18(53)6-70-44/h1-5,18-19,29,31-34,39-40,48-60,66-68H,6-8H2/t18-,19+,29+,31-,32+,33-,34-,39+,40-,42+,43+,44-,45-,46+,47-/m0/s1. The van der Waals surface area contributed by atoms with E-state index in [1.165, 1.54) is 0 Å². The average molecular weight is 1100 g/mol. The number of fused-ring (bicyclic) bond motifs is 6. The summed E-state index contributed by atoms with van der Waals surface area (Å²) < 4.78 is 59.1. The van der Waals surface area contributed by atoms with Crippen LogP contribution >= 0.6 is 0 Å². The van der Waals surface area contributed by atoms with Crippen LogP contribution < -0.4 is 4.74 Å². The molecule has 31 nitrogen and oxygen atoms in total. The van der Waals surface area contributed by atoms with Crippen LogP contribution in [-0.2, 0) is 47.4 Å². The van der Waals surface area contributed by atoms with Crippen LogP contribution in [0.15, 0.2) is 30.3 Å². The molecule has 2 saturated carbocycles. The summed E-state index contributed by atoms with van der Waals surface area (Å²) in [4.78, 5) is 74.7. The summed E-state index contributed by atoms with van der Waals surface area (Å²) in [6.07, 6.45) is -20.4. The first-order valence-electron chi connectivity index (χ1n) is 22.9. The van der Waals surface area contributed by atoms with Gasteiger partial charge < -0.3 is 129 Å². The number of carbonyl (C=O) groups is 5. The Morgan fingerprint density at radius 1 is 0.615 bits per heavy atom. The quantitative estimate of drug-likeness (QED) is 0.0546. The van der Waals surface area contributed by atoms with Crippen molar-refractivity contribution in [3.05, 3.63) is 58.1 Å². The second kappa shape index (κ2) is 14.9. The molecule has 0 radical (unpaired) electrons. The predicted molar refractivity (Wildman–Crippen MR) is 230 cm³/mol. The van der Waals surface area contributed by atoms with Gasteiger partial charge in [-0.25, -0.2) is 19.2 Å². The number of cyclic esters (lactones) is 1. The lowest BCUT2D eigenvalue weighted by Gasteiger charge is -2.76. The normalized spacial score (nSPS) is 38.1. The molecule has 31 heteroatoms. The molecule has 0 unspecified atom stereocenters. The molecule has 4 aromatic carbocycles. The molecule has 2 aliphatic carbocycles. The molecule has 3 spiro atoms. The number of phenols is 11. The Labute approximate surface area is 429 Å². The van der Waals surface area contributed by atoms with Crippen molar-refractivity contribution < 1.29 is 153 Å². The molecule has 0 amide bonds. The summed E-state index contributed by atoms with van der Waals surface area (Å²) in [7, 11) is 0. The number of hydrogen-bond donors (Lipinski definition) is 16. The Morgan fingerprint density at radius 3 is 1.79 bits per heavy atom.